The maximum absolute atomic E-state index is 5.71. The molecule has 1 aliphatic rings. The Kier molecular flexibility index (Phi) is 1.43. The average molecular weight is 173 g/mol. The summed E-state index contributed by atoms with van der Waals surface area (Å²) in [6, 6.07) is 10.7. The van der Waals surface area contributed by atoms with Gasteiger partial charge in [0, 0.05) is 5.39 Å². The van der Waals surface area contributed by atoms with E-state index in [0.717, 1.165) is 17.9 Å². The van der Waals surface area contributed by atoms with Gasteiger partial charge >= 0.3 is 0 Å². The Balaban J connectivity index is 2.10. The van der Waals surface area contributed by atoms with Gasteiger partial charge in [-0.2, -0.15) is 0 Å². The summed E-state index contributed by atoms with van der Waals surface area (Å²) in [7, 11) is 0. The van der Waals surface area contributed by atoms with Crippen LogP contribution in [0.3, 0.4) is 0 Å². The first kappa shape index (κ1) is 7.15. The SMILES string of the molecule is c1ccc2oc(C3CCN3)cc2c1. The van der Waals surface area contributed by atoms with Crippen LogP contribution in [0.15, 0.2) is 34.7 Å². The van der Waals surface area contributed by atoms with Crippen LogP contribution in [0.4, 0.5) is 0 Å². The fourth-order valence-electron chi connectivity index (χ4n) is 1.71. The highest BCUT2D eigenvalue weighted by Crippen LogP contribution is 2.28. The van der Waals surface area contributed by atoms with Crippen LogP contribution in [0.1, 0.15) is 18.2 Å². The summed E-state index contributed by atoms with van der Waals surface area (Å²) in [5.41, 5.74) is 0.992. The van der Waals surface area contributed by atoms with Gasteiger partial charge in [0.25, 0.3) is 0 Å². The van der Waals surface area contributed by atoms with E-state index < -0.39 is 0 Å². The number of furan rings is 1. The molecule has 3 rings (SSSR count). The number of hydrogen-bond donors (Lipinski definition) is 1. The number of benzene rings is 1. The predicted octanol–water partition coefficient (Wildman–Crippen LogP) is 2.47. The van der Waals surface area contributed by atoms with Crippen molar-refractivity contribution in [3.05, 3.63) is 36.1 Å². The predicted molar refractivity (Wildman–Crippen MR) is 51.6 cm³/mol. The minimum Gasteiger partial charge on any atom is -0.459 e. The third kappa shape index (κ3) is 1.06. The van der Waals surface area contributed by atoms with Crippen LogP contribution in [0.5, 0.6) is 0 Å². The molecule has 0 aliphatic carbocycles. The van der Waals surface area contributed by atoms with Gasteiger partial charge in [-0.15, -0.1) is 0 Å². The maximum atomic E-state index is 5.71. The fraction of sp³-hybridized carbons (Fsp3) is 0.273. The summed E-state index contributed by atoms with van der Waals surface area (Å²) in [4.78, 5) is 0. The average Bonchev–Trinajstić information content (AvgIpc) is 2.43. The Morgan fingerprint density at radius 1 is 1.31 bits per heavy atom. The molecule has 1 aliphatic heterocycles. The molecule has 2 heteroatoms. The van der Waals surface area contributed by atoms with E-state index in [2.05, 4.69) is 17.4 Å². The summed E-state index contributed by atoms with van der Waals surface area (Å²) >= 11 is 0. The lowest BCUT2D eigenvalue weighted by molar-refractivity contribution is 0.327. The molecule has 1 aromatic heterocycles. The van der Waals surface area contributed by atoms with Gasteiger partial charge < -0.3 is 9.73 Å². The Morgan fingerprint density at radius 3 is 2.85 bits per heavy atom. The van der Waals surface area contributed by atoms with Crippen molar-refractivity contribution in [3.63, 3.8) is 0 Å². The molecule has 1 unspecified atom stereocenters. The first-order valence-corrected chi connectivity index (χ1v) is 4.65. The highest BCUT2D eigenvalue weighted by atomic mass is 16.3. The molecule has 1 N–H and O–H groups in total. The molecule has 0 bridgehead atoms. The first-order chi connectivity index (χ1) is 6.43. The van der Waals surface area contributed by atoms with Gasteiger partial charge in [-0.05, 0) is 25.1 Å². The Morgan fingerprint density at radius 2 is 2.15 bits per heavy atom. The Hall–Kier alpha value is -1.28. The van der Waals surface area contributed by atoms with Crippen LogP contribution >= 0.6 is 0 Å². The standard InChI is InChI=1S/C11H11NO/c1-2-4-10-8(3-1)7-11(13-10)9-5-6-12-9/h1-4,7,9,12H,5-6H2. The van der Waals surface area contributed by atoms with Gasteiger partial charge in [0.1, 0.15) is 11.3 Å². The third-order valence-electron chi connectivity index (χ3n) is 2.61. The van der Waals surface area contributed by atoms with E-state index in [1.165, 1.54) is 11.8 Å². The first-order valence-electron chi connectivity index (χ1n) is 4.65. The minimum absolute atomic E-state index is 0.451. The van der Waals surface area contributed by atoms with Crippen LogP contribution in [0.2, 0.25) is 0 Å². The highest BCUT2D eigenvalue weighted by Gasteiger charge is 2.21. The number of nitrogens with one attached hydrogen (secondary N) is 1. The zero-order valence-electron chi connectivity index (χ0n) is 7.29. The molecule has 1 atom stereocenters. The second-order valence-corrected chi connectivity index (χ2v) is 3.48. The number of hydrogen-bond acceptors (Lipinski definition) is 2. The molecule has 2 aromatic rings. The van der Waals surface area contributed by atoms with E-state index in [-0.39, 0.29) is 0 Å². The highest BCUT2D eigenvalue weighted by molar-refractivity contribution is 5.77. The third-order valence-corrected chi connectivity index (χ3v) is 2.61. The van der Waals surface area contributed by atoms with Crippen LogP contribution in [0, 0.1) is 0 Å². The molecule has 2 heterocycles. The molecule has 0 saturated carbocycles. The van der Waals surface area contributed by atoms with Gasteiger partial charge in [-0.3, -0.25) is 0 Å². The van der Waals surface area contributed by atoms with E-state index in [0.29, 0.717) is 6.04 Å². The summed E-state index contributed by atoms with van der Waals surface area (Å²) < 4.78 is 5.71. The molecule has 2 nitrogen and oxygen atoms in total. The van der Waals surface area contributed by atoms with E-state index >= 15 is 0 Å². The molecule has 66 valence electrons. The molecular formula is C11H11NO. The minimum atomic E-state index is 0.451. The lowest BCUT2D eigenvalue weighted by atomic mass is 10.0. The van der Waals surface area contributed by atoms with E-state index in [4.69, 9.17) is 4.42 Å². The van der Waals surface area contributed by atoms with Crippen LogP contribution in [-0.4, -0.2) is 6.54 Å². The molecule has 0 radical (unpaired) electrons. The van der Waals surface area contributed by atoms with Crippen LogP contribution in [-0.2, 0) is 0 Å². The van der Waals surface area contributed by atoms with E-state index in [1.54, 1.807) is 0 Å². The number of fused-ring (bicyclic) bond motifs is 1. The second kappa shape index (κ2) is 2.60. The fourth-order valence-corrected chi connectivity index (χ4v) is 1.71. The number of rotatable bonds is 1. The van der Waals surface area contributed by atoms with Crippen molar-refractivity contribution in [3.8, 4) is 0 Å². The van der Waals surface area contributed by atoms with Gasteiger partial charge in [0.05, 0.1) is 6.04 Å². The molecule has 13 heavy (non-hydrogen) atoms. The van der Waals surface area contributed by atoms with Crippen LogP contribution < -0.4 is 5.32 Å². The molecule has 1 saturated heterocycles. The topological polar surface area (TPSA) is 25.2 Å². The summed E-state index contributed by atoms with van der Waals surface area (Å²) in [6.45, 7) is 1.11. The second-order valence-electron chi connectivity index (χ2n) is 3.48. The van der Waals surface area contributed by atoms with Gasteiger partial charge in [0.2, 0.25) is 0 Å². The van der Waals surface area contributed by atoms with Crippen LogP contribution in [0.25, 0.3) is 11.0 Å². The Labute approximate surface area is 76.5 Å². The lowest BCUT2D eigenvalue weighted by Gasteiger charge is -2.25. The van der Waals surface area contributed by atoms with Gasteiger partial charge in [-0.25, -0.2) is 0 Å². The summed E-state index contributed by atoms with van der Waals surface area (Å²) in [5, 5.41) is 4.53. The maximum Gasteiger partial charge on any atom is 0.134 e. The van der Waals surface area contributed by atoms with Crippen molar-refractivity contribution >= 4 is 11.0 Å². The number of para-hydroxylation sites is 1. The van der Waals surface area contributed by atoms with E-state index in [9.17, 15) is 0 Å². The normalized spacial score (nSPS) is 21.7. The summed E-state index contributed by atoms with van der Waals surface area (Å²) in [6.07, 6.45) is 1.19. The molecule has 0 spiro atoms. The smallest absolute Gasteiger partial charge is 0.134 e. The van der Waals surface area contributed by atoms with Gasteiger partial charge in [-0.1, -0.05) is 18.2 Å². The molecule has 0 amide bonds. The molecular weight excluding hydrogens is 162 g/mol. The van der Waals surface area contributed by atoms with E-state index in [1.807, 2.05) is 18.2 Å². The van der Waals surface area contributed by atoms with Crippen molar-refractivity contribution in [1.29, 1.82) is 0 Å². The summed E-state index contributed by atoms with van der Waals surface area (Å²) in [5.74, 6) is 1.08. The lowest BCUT2D eigenvalue weighted by Crippen LogP contribution is -2.34. The Bertz CT molecular complexity index is 395. The van der Waals surface area contributed by atoms with Crippen molar-refractivity contribution in [2.45, 2.75) is 12.5 Å². The quantitative estimate of drug-likeness (QED) is 0.716. The van der Waals surface area contributed by atoms with Crippen molar-refractivity contribution in [1.82, 2.24) is 5.32 Å². The van der Waals surface area contributed by atoms with Crippen molar-refractivity contribution in [2.75, 3.05) is 6.54 Å². The van der Waals surface area contributed by atoms with Crippen molar-refractivity contribution < 1.29 is 4.42 Å². The van der Waals surface area contributed by atoms with Crippen molar-refractivity contribution in [2.24, 2.45) is 0 Å². The van der Waals surface area contributed by atoms with Gasteiger partial charge in [0.15, 0.2) is 0 Å². The zero-order chi connectivity index (χ0) is 8.67. The molecule has 1 fully saturated rings. The molecule has 1 aromatic carbocycles. The zero-order valence-corrected chi connectivity index (χ0v) is 7.29. The largest absolute Gasteiger partial charge is 0.459 e. The monoisotopic (exact) mass is 173 g/mol.